The fourth-order valence-electron chi connectivity index (χ4n) is 2.49. The number of rotatable bonds is 3. The van der Waals surface area contributed by atoms with E-state index >= 15 is 0 Å². The standard InChI is InChI=1S/C12H16N2O6/c1-2-6-10(16)13-9(15)5-14(6)11(17)7-3-4-8(20-7)12(18)19/h6-8H,2-5H2,1H3,(H,18,19)(H,13,15,16)/t6?,7-,8+/m0/s1. The molecule has 2 rings (SSSR count). The number of ether oxygens (including phenoxy) is 1. The Balaban J connectivity index is 2.09. The minimum absolute atomic E-state index is 0.208. The minimum Gasteiger partial charge on any atom is -0.479 e. The van der Waals surface area contributed by atoms with Crippen molar-refractivity contribution in [1.29, 1.82) is 0 Å². The highest BCUT2D eigenvalue weighted by Crippen LogP contribution is 2.23. The number of carboxylic acid groups (broad SMARTS) is 1. The van der Waals surface area contributed by atoms with E-state index in [1.165, 1.54) is 4.90 Å². The summed E-state index contributed by atoms with van der Waals surface area (Å²) >= 11 is 0. The van der Waals surface area contributed by atoms with Crippen molar-refractivity contribution < 1.29 is 29.0 Å². The van der Waals surface area contributed by atoms with Crippen molar-refractivity contribution in [3.63, 3.8) is 0 Å². The molecule has 20 heavy (non-hydrogen) atoms. The summed E-state index contributed by atoms with van der Waals surface area (Å²) in [5.41, 5.74) is 0. The summed E-state index contributed by atoms with van der Waals surface area (Å²) in [6.45, 7) is 1.52. The number of nitrogens with zero attached hydrogens (tertiary/aromatic N) is 1. The molecule has 2 saturated heterocycles. The van der Waals surface area contributed by atoms with Gasteiger partial charge in [0.15, 0.2) is 6.10 Å². The first-order valence-corrected chi connectivity index (χ1v) is 6.46. The maximum atomic E-state index is 12.3. The van der Waals surface area contributed by atoms with Crippen LogP contribution in [0.5, 0.6) is 0 Å². The fraction of sp³-hybridized carbons (Fsp3) is 0.667. The molecule has 0 aromatic rings. The summed E-state index contributed by atoms with van der Waals surface area (Å²) < 4.78 is 5.17. The van der Waals surface area contributed by atoms with Crippen molar-refractivity contribution in [2.75, 3.05) is 6.54 Å². The second-order valence-electron chi connectivity index (χ2n) is 4.83. The van der Waals surface area contributed by atoms with Gasteiger partial charge < -0.3 is 14.7 Å². The van der Waals surface area contributed by atoms with Crippen LogP contribution >= 0.6 is 0 Å². The maximum absolute atomic E-state index is 12.3. The molecule has 2 aliphatic rings. The number of carbonyl (C=O) groups excluding carboxylic acids is 3. The summed E-state index contributed by atoms with van der Waals surface area (Å²) in [5, 5.41) is 11.0. The molecule has 3 atom stereocenters. The number of carboxylic acids is 1. The largest absolute Gasteiger partial charge is 0.479 e. The number of amides is 3. The number of carbonyl (C=O) groups is 4. The van der Waals surface area contributed by atoms with E-state index in [2.05, 4.69) is 5.32 Å². The predicted molar refractivity (Wildman–Crippen MR) is 64.5 cm³/mol. The molecule has 0 aromatic heterocycles. The molecule has 0 saturated carbocycles. The zero-order valence-corrected chi connectivity index (χ0v) is 11.0. The molecule has 0 radical (unpaired) electrons. The van der Waals surface area contributed by atoms with Gasteiger partial charge in [-0.1, -0.05) is 6.92 Å². The summed E-state index contributed by atoms with van der Waals surface area (Å²) in [6, 6.07) is -0.715. The third-order valence-electron chi connectivity index (χ3n) is 3.50. The summed E-state index contributed by atoms with van der Waals surface area (Å²) in [4.78, 5) is 47.3. The molecule has 0 bridgehead atoms. The van der Waals surface area contributed by atoms with Crippen LogP contribution in [0.2, 0.25) is 0 Å². The zero-order chi connectivity index (χ0) is 14.9. The number of nitrogens with one attached hydrogen (secondary N) is 1. The number of hydrogen-bond donors (Lipinski definition) is 2. The molecule has 0 aliphatic carbocycles. The molecule has 1 unspecified atom stereocenters. The Morgan fingerprint density at radius 3 is 2.55 bits per heavy atom. The Hall–Kier alpha value is -1.96. The summed E-state index contributed by atoms with van der Waals surface area (Å²) in [5.74, 6) is -2.66. The van der Waals surface area contributed by atoms with E-state index in [1.54, 1.807) is 6.92 Å². The van der Waals surface area contributed by atoms with Crippen molar-refractivity contribution in [2.24, 2.45) is 0 Å². The van der Waals surface area contributed by atoms with Gasteiger partial charge in [-0.3, -0.25) is 19.7 Å². The van der Waals surface area contributed by atoms with Gasteiger partial charge in [0.2, 0.25) is 11.8 Å². The van der Waals surface area contributed by atoms with Crippen molar-refractivity contribution >= 4 is 23.7 Å². The fourth-order valence-corrected chi connectivity index (χ4v) is 2.49. The first-order valence-electron chi connectivity index (χ1n) is 6.46. The number of piperazine rings is 1. The van der Waals surface area contributed by atoms with E-state index in [4.69, 9.17) is 9.84 Å². The second kappa shape index (κ2) is 5.58. The van der Waals surface area contributed by atoms with Crippen LogP contribution in [0.3, 0.4) is 0 Å². The average molecular weight is 284 g/mol. The molecule has 0 spiro atoms. The summed E-state index contributed by atoms with van der Waals surface area (Å²) in [6.07, 6.45) is -1.00. The Labute approximate surface area is 115 Å². The molecule has 3 amide bonds. The van der Waals surface area contributed by atoms with E-state index in [0.717, 1.165) is 0 Å². The van der Waals surface area contributed by atoms with Gasteiger partial charge in [0.25, 0.3) is 5.91 Å². The van der Waals surface area contributed by atoms with Crippen LogP contribution < -0.4 is 5.32 Å². The van der Waals surface area contributed by atoms with Crippen LogP contribution in [0.15, 0.2) is 0 Å². The van der Waals surface area contributed by atoms with Gasteiger partial charge in [-0.25, -0.2) is 4.79 Å². The van der Waals surface area contributed by atoms with Crippen LogP contribution in [-0.4, -0.2) is 58.5 Å². The van der Waals surface area contributed by atoms with Crippen molar-refractivity contribution in [3.8, 4) is 0 Å². The lowest BCUT2D eigenvalue weighted by molar-refractivity contribution is -0.161. The van der Waals surface area contributed by atoms with Gasteiger partial charge in [-0.05, 0) is 19.3 Å². The molecule has 2 aliphatic heterocycles. The maximum Gasteiger partial charge on any atom is 0.332 e. The van der Waals surface area contributed by atoms with Crippen LogP contribution in [0.1, 0.15) is 26.2 Å². The molecule has 8 nitrogen and oxygen atoms in total. The van der Waals surface area contributed by atoms with Gasteiger partial charge >= 0.3 is 5.97 Å². The highest BCUT2D eigenvalue weighted by atomic mass is 16.5. The molecular weight excluding hydrogens is 268 g/mol. The monoisotopic (exact) mass is 284 g/mol. The van der Waals surface area contributed by atoms with Crippen molar-refractivity contribution in [3.05, 3.63) is 0 Å². The van der Waals surface area contributed by atoms with Crippen LogP contribution in [0, 0.1) is 0 Å². The molecule has 8 heteroatoms. The van der Waals surface area contributed by atoms with E-state index < -0.39 is 41.9 Å². The van der Waals surface area contributed by atoms with Gasteiger partial charge in [-0.15, -0.1) is 0 Å². The lowest BCUT2D eigenvalue weighted by Crippen LogP contribution is -2.61. The Bertz CT molecular complexity index is 463. The summed E-state index contributed by atoms with van der Waals surface area (Å²) in [7, 11) is 0. The van der Waals surface area contributed by atoms with Gasteiger partial charge in [0.1, 0.15) is 18.7 Å². The Morgan fingerprint density at radius 1 is 1.35 bits per heavy atom. The normalized spacial score (nSPS) is 30.2. The Morgan fingerprint density at radius 2 is 2.00 bits per heavy atom. The Kier molecular flexibility index (Phi) is 4.03. The average Bonchev–Trinajstić information content (AvgIpc) is 2.86. The predicted octanol–water partition coefficient (Wildman–Crippen LogP) is -1.12. The van der Waals surface area contributed by atoms with E-state index in [9.17, 15) is 19.2 Å². The first kappa shape index (κ1) is 14.4. The SMILES string of the molecule is CCC1C(=O)NC(=O)CN1C(=O)[C@@H]1CC[C@H](C(=O)O)O1. The third-order valence-corrected chi connectivity index (χ3v) is 3.50. The number of hydrogen-bond acceptors (Lipinski definition) is 5. The van der Waals surface area contributed by atoms with Crippen LogP contribution in [-0.2, 0) is 23.9 Å². The third kappa shape index (κ3) is 2.64. The smallest absolute Gasteiger partial charge is 0.332 e. The van der Waals surface area contributed by atoms with E-state index in [1.807, 2.05) is 0 Å². The highest BCUT2D eigenvalue weighted by Gasteiger charge is 2.42. The second-order valence-corrected chi connectivity index (χ2v) is 4.83. The molecular formula is C12H16N2O6. The van der Waals surface area contributed by atoms with Crippen molar-refractivity contribution in [2.45, 2.75) is 44.4 Å². The highest BCUT2D eigenvalue weighted by molar-refractivity contribution is 6.04. The lowest BCUT2D eigenvalue weighted by atomic mass is 10.1. The van der Waals surface area contributed by atoms with Crippen LogP contribution in [0.4, 0.5) is 0 Å². The lowest BCUT2D eigenvalue weighted by Gasteiger charge is -2.34. The topological polar surface area (TPSA) is 113 Å². The van der Waals surface area contributed by atoms with Gasteiger partial charge in [0.05, 0.1) is 0 Å². The molecule has 0 aromatic carbocycles. The minimum atomic E-state index is -1.11. The van der Waals surface area contributed by atoms with Crippen LogP contribution in [0.25, 0.3) is 0 Å². The molecule has 2 N–H and O–H groups in total. The van der Waals surface area contributed by atoms with Gasteiger partial charge in [0, 0.05) is 0 Å². The molecule has 110 valence electrons. The number of aliphatic carboxylic acids is 1. The van der Waals surface area contributed by atoms with Crippen molar-refractivity contribution in [1.82, 2.24) is 10.2 Å². The number of imide groups is 1. The first-order chi connectivity index (χ1) is 9.43. The van der Waals surface area contributed by atoms with E-state index in [-0.39, 0.29) is 19.4 Å². The zero-order valence-electron chi connectivity index (χ0n) is 11.0. The molecule has 2 fully saturated rings. The van der Waals surface area contributed by atoms with Gasteiger partial charge in [-0.2, -0.15) is 0 Å². The van der Waals surface area contributed by atoms with E-state index in [0.29, 0.717) is 6.42 Å². The molecule has 2 heterocycles. The quantitative estimate of drug-likeness (QED) is 0.635.